The van der Waals surface area contributed by atoms with Crippen molar-refractivity contribution < 1.29 is 9.90 Å². The first-order chi connectivity index (χ1) is 7.79. The zero-order valence-corrected chi connectivity index (χ0v) is 9.23. The second-order valence-electron chi connectivity index (χ2n) is 5.00. The van der Waals surface area contributed by atoms with Gasteiger partial charge in [0.15, 0.2) is 0 Å². The van der Waals surface area contributed by atoms with E-state index in [2.05, 4.69) is 6.07 Å². The van der Waals surface area contributed by atoms with Gasteiger partial charge in [-0.25, -0.2) is 0 Å². The molecular formula is C14H16O2. The molecule has 2 aliphatic carbocycles. The summed E-state index contributed by atoms with van der Waals surface area (Å²) in [6, 6.07) is 8.13. The molecule has 0 heterocycles. The molecule has 16 heavy (non-hydrogen) atoms. The maximum absolute atomic E-state index is 11.4. The van der Waals surface area contributed by atoms with Crippen LogP contribution in [0.4, 0.5) is 0 Å². The molecule has 2 unspecified atom stereocenters. The molecule has 2 heteroatoms. The normalized spacial score (nSPS) is 31.9. The summed E-state index contributed by atoms with van der Waals surface area (Å²) in [6.45, 7) is 0. The van der Waals surface area contributed by atoms with E-state index in [1.54, 1.807) is 0 Å². The topological polar surface area (TPSA) is 37.3 Å². The number of carboxylic acid groups (broad SMARTS) is 1. The summed E-state index contributed by atoms with van der Waals surface area (Å²) >= 11 is 0. The number of benzene rings is 1. The lowest BCUT2D eigenvalue weighted by molar-refractivity contribution is -0.140. The van der Waals surface area contributed by atoms with Crippen LogP contribution in [0.1, 0.15) is 48.6 Å². The lowest BCUT2D eigenvalue weighted by Crippen LogP contribution is -2.22. The summed E-state index contributed by atoms with van der Waals surface area (Å²) < 4.78 is 0. The van der Waals surface area contributed by atoms with Crippen LogP contribution < -0.4 is 0 Å². The monoisotopic (exact) mass is 216 g/mol. The summed E-state index contributed by atoms with van der Waals surface area (Å²) in [5.74, 6) is -0.0296. The van der Waals surface area contributed by atoms with Crippen molar-refractivity contribution in [3.63, 3.8) is 0 Å². The molecule has 3 atom stereocenters. The summed E-state index contributed by atoms with van der Waals surface area (Å²) in [5.41, 5.74) is 2.38. The van der Waals surface area contributed by atoms with Gasteiger partial charge in [-0.1, -0.05) is 37.1 Å². The number of rotatable bonds is 1. The third-order valence-corrected chi connectivity index (χ3v) is 4.24. The standard InChI is InChI=1S/C14H16O2/c15-14(16)13-11-7-3-1-5-9(11)10-6-2-4-8-12(10)13/h1,3,5,7,10,12-13H,2,4,6,8H2,(H,15,16)/t10?,12?,13-/m0/s1. The van der Waals surface area contributed by atoms with Crippen LogP contribution in [0.3, 0.4) is 0 Å². The highest BCUT2D eigenvalue weighted by atomic mass is 16.4. The summed E-state index contributed by atoms with van der Waals surface area (Å²) in [6.07, 6.45) is 4.70. The number of carbonyl (C=O) groups is 1. The van der Waals surface area contributed by atoms with E-state index in [4.69, 9.17) is 0 Å². The van der Waals surface area contributed by atoms with Gasteiger partial charge >= 0.3 is 5.97 Å². The minimum atomic E-state index is -0.637. The molecule has 0 spiro atoms. The zero-order valence-electron chi connectivity index (χ0n) is 9.23. The Bertz CT molecular complexity index is 424. The molecule has 0 aromatic heterocycles. The SMILES string of the molecule is O=C(O)[C@H]1c2ccccc2C2CCCCC21. The lowest BCUT2D eigenvalue weighted by atomic mass is 9.76. The van der Waals surface area contributed by atoms with Gasteiger partial charge in [-0.15, -0.1) is 0 Å². The van der Waals surface area contributed by atoms with Gasteiger partial charge in [0.2, 0.25) is 0 Å². The molecule has 0 aliphatic heterocycles. The fourth-order valence-electron chi connectivity index (χ4n) is 3.62. The third-order valence-electron chi connectivity index (χ3n) is 4.24. The molecule has 0 radical (unpaired) electrons. The van der Waals surface area contributed by atoms with Crippen molar-refractivity contribution in [2.45, 2.75) is 37.5 Å². The minimum absolute atomic E-state index is 0.249. The third kappa shape index (κ3) is 1.29. The molecule has 0 saturated heterocycles. The molecule has 0 bridgehead atoms. The molecule has 0 amide bonds. The largest absolute Gasteiger partial charge is 0.481 e. The van der Waals surface area contributed by atoms with Crippen LogP contribution >= 0.6 is 0 Å². The van der Waals surface area contributed by atoms with Gasteiger partial charge in [0.05, 0.1) is 5.92 Å². The number of hydrogen-bond donors (Lipinski definition) is 1. The molecule has 3 rings (SSSR count). The second kappa shape index (κ2) is 3.62. The summed E-state index contributed by atoms with van der Waals surface area (Å²) in [5, 5.41) is 9.40. The lowest BCUT2D eigenvalue weighted by Gasteiger charge is -2.27. The summed E-state index contributed by atoms with van der Waals surface area (Å²) in [7, 11) is 0. The van der Waals surface area contributed by atoms with Gasteiger partial charge in [0.25, 0.3) is 0 Å². The van der Waals surface area contributed by atoms with E-state index in [1.165, 1.54) is 24.8 Å². The van der Waals surface area contributed by atoms with Crippen molar-refractivity contribution in [1.29, 1.82) is 0 Å². The molecule has 2 nitrogen and oxygen atoms in total. The predicted octanol–water partition coefficient (Wildman–Crippen LogP) is 3.14. The fourth-order valence-corrected chi connectivity index (χ4v) is 3.62. The van der Waals surface area contributed by atoms with Crippen LogP contribution in [-0.2, 0) is 4.79 Å². The minimum Gasteiger partial charge on any atom is -0.481 e. The maximum Gasteiger partial charge on any atom is 0.311 e. The van der Waals surface area contributed by atoms with Gasteiger partial charge in [0, 0.05) is 0 Å². The van der Waals surface area contributed by atoms with E-state index in [9.17, 15) is 9.90 Å². The van der Waals surface area contributed by atoms with E-state index in [0.29, 0.717) is 11.8 Å². The Hall–Kier alpha value is -1.31. The van der Waals surface area contributed by atoms with Crippen LogP contribution in [0.25, 0.3) is 0 Å². The number of fused-ring (bicyclic) bond motifs is 3. The Kier molecular flexibility index (Phi) is 2.23. The van der Waals surface area contributed by atoms with Crippen molar-refractivity contribution in [3.8, 4) is 0 Å². The van der Waals surface area contributed by atoms with Gasteiger partial charge < -0.3 is 5.11 Å². The van der Waals surface area contributed by atoms with Crippen LogP contribution in [0.2, 0.25) is 0 Å². The highest BCUT2D eigenvalue weighted by Gasteiger charge is 2.44. The Labute approximate surface area is 95.3 Å². The van der Waals surface area contributed by atoms with E-state index < -0.39 is 5.97 Å². The van der Waals surface area contributed by atoms with Crippen molar-refractivity contribution >= 4 is 5.97 Å². The average molecular weight is 216 g/mol. The number of carboxylic acids is 1. The molecular weight excluding hydrogens is 200 g/mol. The summed E-state index contributed by atoms with van der Waals surface area (Å²) in [4.78, 5) is 11.4. The molecule has 84 valence electrons. The average Bonchev–Trinajstić information content (AvgIpc) is 2.63. The van der Waals surface area contributed by atoms with Crippen molar-refractivity contribution in [1.82, 2.24) is 0 Å². The zero-order chi connectivity index (χ0) is 11.1. The van der Waals surface area contributed by atoms with E-state index >= 15 is 0 Å². The first-order valence-corrected chi connectivity index (χ1v) is 6.10. The van der Waals surface area contributed by atoms with E-state index in [0.717, 1.165) is 12.0 Å². The molecule has 1 aromatic rings. The molecule has 1 fully saturated rings. The van der Waals surface area contributed by atoms with Crippen LogP contribution in [0.15, 0.2) is 24.3 Å². The Morgan fingerprint density at radius 2 is 1.81 bits per heavy atom. The Morgan fingerprint density at radius 3 is 2.56 bits per heavy atom. The van der Waals surface area contributed by atoms with Gasteiger partial charge in [-0.05, 0) is 35.8 Å². The molecule has 2 aliphatic rings. The fraction of sp³-hybridized carbons (Fsp3) is 0.500. The van der Waals surface area contributed by atoms with Gasteiger partial charge in [-0.2, -0.15) is 0 Å². The van der Waals surface area contributed by atoms with Crippen LogP contribution in [0, 0.1) is 5.92 Å². The highest BCUT2D eigenvalue weighted by Crippen LogP contribution is 2.53. The van der Waals surface area contributed by atoms with Crippen molar-refractivity contribution in [2.75, 3.05) is 0 Å². The Morgan fingerprint density at radius 1 is 1.12 bits per heavy atom. The van der Waals surface area contributed by atoms with Crippen LogP contribution in [-0.4, -0.2) is 11.1 Å². The smallest absolute Gasteiger partial charge is 0.311 e. The first-order valence-electron chi connectivity index (χ1n) is 6.10. The second-order valence-corrected chi connectivity index (χ2v) is 5.00. The number of hydrogen-bond acceptors (Lipinski definition) is 1. The van der Waals surface area contributed by atoms with Crippen molar-refractivity contribution in [3.05, 3.63) is 35.4 Å². The quantitative estimate of drug-likeness (QED) is 0.783. The van der Waals surface area contributed by atoms with Crippen LogP contribution in [0.5, 0.6) is 0 Å². The van der Waals surface area contributed by atoms with E-state index in [-0.39, 0.29) is 5.92 Å². The highest BCUT2D eigenvalue weighted by molar-refractivity contribution is 5.79. The van der Waals surface area contributed by atoms with Gasteiger partial charge in [0.1, 0.15) is 0 Å². The number of aliphatic carboxylic acids is 1. The van der Waals surface area contributed by atoms with Gasteiger partial charge in [-0.3, -0.25) is 4.79 Å². The van der Waals surface area contributed by atoms with Crippen molar-refractivity contribution in [2.24, 2.45) is 5.92 Å². The molecule has 1 N–H and O–H groups in total. The van der Waals surface area contributed by atoms with E-state index in [1.807, 2.05) is 18.2 Å². The first kappa shape index (κ1) is 9.88. The molecule has 1 aromatic carbocycles. The predicted molar refractivity (Wildman–Crippen MR) is 61.5 cm³/mol. The Balaban J connectivity index is 2.09. The maximum atomic E-state index is 11.4. The molecule has 1 saturated carbocycles.